The highest BCUT2D eigenvalue weighted by molar-refractivity contribution is 9.10. The number of hydrogen-bond donors (Lipinski definition) is 0. The molecule has 3 rings (SSSR count). The average Bonchev–Trinajstić information content (AvgIpc) is 2.86. The molecule has 27 heavy (non-hydrogen) atoms. The zero-order valence-electron chi connectivity index (χ0n) is 14.4. The molecule has 0 atom stereocenters. The number of hydrogen-bond acceptors (Lipinski definition) is 1. The summed E-state index contributed by atoms with van der Waals surface area (Å²) in [4.78, 5) is 12.5. The Hall–Kier alpha value is -1.63. The van der Waals surface area contributed by atoms with Crippen molar-refractivity contribution in [2.45, 2.75) is 12.8 Å². The molecule has 0 aliphatic carbocycles. The molecule has 3 nitrogen and oxygen atoms in total. The van der Waals surface area contributed by atoms with Gasteiger partial charge in [0, 0.05) is 7.05 Å². The molecule has 0 aliphatic heterocycles. The van der Waals surface area contributed by atoms with Gasteiger partial charge in [-0.15, -0.1) is 23.2 Å². The second-order valence-electron chi connectivity index (χ2n) is 5.61. The van der Waals surface area contributed by atoms with Crippen molar-refractivity contribution >= 4 is 39.1 Å². The van der Waals surface area contributed by atoms with Gasteiger partial charge in [-0.3, -0.25) is 9.48 Å². The quantitative estimate of drug-likeness (QED) is 0.460. The van der Waals surface area contributed by atoms with Gasteiger partial charge in [0.1, 0.15) is 16.1 Å². The zero-order valence-corrected chi connectivity index (χ0v) is 17.5. The lowest BCUT2D eigenvalue weighted by molar-refractivity contribution is 0.604. The molecular formula is C19H17BrCl2F2N2O. The number of nitrogens with zero attached hydrogens (tertiary/aromatic N) is 2. The maximum atomic E-state index is 13.1. The highest BCUT2D eigenvalue weighted by Gasteiger charge is 2.16. The van der Waals surface area contributed by atoms with Gasteiger partial charge >= 0.3 is 0 Å². The summed E-state index contributed by atoms with van der Waals surface area (Å²) in [5, 5.41) is 0.194. The predicted molar refractivity (Wildman–Crippen MR) is 109 cm³/mol. The second-order valence-corrected chi connectivity index (χ2v) is 7.21. The van der Waals surface area contributed by atoms with Crippen molar-refractivity contribution in [3.05, 3.63) is 86.2 Å². The third kappa shape index (κ3) is 5.43. The number of halogens is 5. The van der Waals surface area contributed by atoms with Crippen LogP contribution in [0.25, 0.3) is 5.69 Å². The number of alkyl halides is 2. The van der Waals surface area contributed by atoms with E-state index < -0.39 is 0 Å². The van der Waals surface area contributed by atoms with E-state index in [-0.39, 0.29) is 22.5 Å². The van der Waals surface area contributed by atoms with Crippen LogP contribution in [-0.4, -0.2) is 14.7 Å². The lowest BCUT2D eigenvalue weighted by Gasteiger charge is -2.10. The van der Waals surface area contributed by atoms with Crippen LogP contribution in [0, 0.1) is 11.6 Å². The summed E-state index contributed by atoms with van der Waals surface area (Å²) in [6.45, 7) is 0. The normalized spacial score (nSPS) is 10.4. The summed E-state index contributed by atoms with van der Waals surface area (Å²) < 4.78 is 29.8. The monoisotopic (exact) mass is 476 g/mol. The minimum absolute atomic E-state index is 0.194. The van der Waals surface area contributed by atoms with E-state index in [4.69, 9.17) is 23.2 Å². The standard InChI is InChI=1S/C18H15BrF2N2O.CH2Cl2/c1-22-16(11-4-12-2-5-13(20)6-3-12)17(19)18(24)23(22)15-9-7-14(21)8-10-15;2-1-3/h2-3,5-10H,4,11H2,1H3;1H2. The minimum atomic E-state index is -0.350. The van der Waals surface area contributed by atoms with Crippen LogP contribution in [0.1, 0.15) is 11.3 Å². The van der Waals surface area contributed by atoms with E-state index in [1.165, 1.54) is 28.9 Å². The lowest BCUT2D eigenvalue weighted by Crippen LogP contribution is -2.19. The molecule has 0 N–H and O–H groups in total. The zero-order chi connectivity index (χ0) is 20.0. The van der Waals surface area contributed by atoms with Crippen molar-refractivity contribution in [2.75, 3.05) is 5.34 Å². The fraction of sp³-hybridized carbons (Fsp3) is 0.211. The molecule has 0 aliphatic rings. The summed E-state index contributed by atoms with van der Waals surface area (Å²) in [7, 11) is 1.79. The van der Waals surface area contributed by atoms with E-state index in [9.17, 15) is 13.6 Å². The average molecular weight is 478 g/mol. The molecule has 3 aromatic rings. The molecular weight excluding hydrogens is 461 g/mol. The van der Waals surface area contributed by atoms with Crippen LogP contribution >= 0.6 is 39.1 Å². The first-order valence-electron chi connectivity index (χ1n) is 7.97. The van der Waals surface area contributed by atoms with Gasteiger partial charge < -0.3 is 0 Å². The van der Waals surface area contributed by atoms with Crippen LogP contribution < -0.4 is 5.56 Å². The molecule has 0 bridgehead atoms. The predicted octanol–water partition coefficient (Wildman–Crippen LogP) is 5.42. The fourth-order valence-electron chi connectivity index (χ4n) is 2.67. The second kappa shape index (κ2) is 10.1. The van der Waals surface area contributed by atoms with E-state index in [1.54, 1.807) is 36.0 Å². The van der Waals surface area contributed by atoms with E-state index >= 15 is 0 Å². The molecule has 0 fully saturated rings. The van der Waals surface area contributed by atoms with E-state index in [1.807, 2.05) is 0 Å². The first-order valence-corrected chi connectivity index (χ1v) is 9.84. The van der Waals surface area contributed by atoms with E-state index in [0.29, 0.717) is 23.0 Å². The van der Waals surface area contributed by atoms with Gasteiger partial charge in [-0.1, -0.05) is 12.1 Å². The Kier molecular flexibility index (Phi) is 8.07. The topological polar surface area (TPSA) is 26.9 Å². The number of benzene rings is 2. The fourth-order valence-corrected chi connectivity index (χ4v) is 3.30. The van der Waals surface area contributed by atoms with Crippen molar-refractivity contribution in [1.82, 2.24) is 9.36 Å². The Labute approximate surface area is 174 Å². The van der Waals surface area contributed by atoms with Crippen molar-refractivity contribution < 1.29 is 8.78 Å². The van der Waals surface area contributed by atoms with Crippen molar-refractivity contribution in [3.8, 4) is 5.69 Å². The van der Waals surface area contributed by atoms with Gasteiger partial charge in [0.25, 0.3) is 5.56 Å². The number of aryl methyl sites for hydroxylation is 1. The molecule has 0 amide bonds. The van der Waals surface area contributed by atoms with Gasteiger partial charge in [-0.05, 0) is 70.7 Å². The van der Waals surface area contributed by atoms with Crippen LogP contribution in [0.4, 0.5) is 8.78 Å². The Morgan fingerprint density at radius 1 is 0.926 bits per heavy atom. The van der Waals surface area contributed by atoms with Crippen LogP contribution in [-0.2, 0) is 19.9 Å². The highest BCUT2D eigenvalue weighted by Crippen LogP contribution is 2.18. The summed E-state index contributed by atoms with van der Waals surface area (Å²) in [6.07, 6.45) is 1.30. The van der Waals surface area contributed by atoms with Crippen molar-refractivity contribution in [3.63, 3.8) is 0 Å². The Morgan fingerprint density at radius 2 is 1.41 bits per heavy atom. The lowest BCUT2D eigenvalue weighted by atomic mass is 10.1. The van der Waals surface area contributed by atoms with Gasteiger partial charge in [0.05, 0.1) is 16.7 Å². The van der Waals surface area contributed by atoms with Crippen molar-refractivity contribution in [2.24, 2.45) is 7.05 Å². The van der Waals surface area contributed by atoms with E-state index in [0.717, 1.165) is 11.3 Å². The molecule has 144 valence electrons. The summed E-state index contributed by atoms with van der Waals surface area (Å²) >= 11 is 12.9. The maximum absolute atomic E-state index is 13.1. The van der Waals surface area contributed by atoms with Crippen LogP contribution in [0.15, 0.2) is 57.8 Å². The van der Waals surface area contributed by atoms with Gasteiger partial charge in [0.2, 0.25) is 0 Å². The third-order valence-electron chi connectivity index (χ3n) is 3.96. The largest absolute Gasteiger partial charge is 0.285 e. The van der Waals surface area contributed by atoms with Gasteiger partial charge in [-0.25, -0.2) is 13.5 Å². The summed E-state index contributed by atoms with van der Waals surface area (Å²) in [5.41, 5.74) is 2.22. The minimum Gasteiger partial charge on any atom is -0.284 e. The first-order chi connectivity index (χ1) is 12.9. The molecule has 0 unspecified atom stereocenters. The molecule has 0 spiro atoms. The molecule has 1 heterocycles. The maximum Gasteiger partial charge on any atom is 0.285 e. The number of rotatable bonds is 4. The first kappa shape index (κ1) is 21.7. The van der Waals surface area contributed by atoms with Gasteiger partial charge in [0.15, 0.2) is 0 Å². The highest BCUT2D eigenvalue weighted by atomic mass is 79.9. The Morgan fingerprint density at radius 3 is 1.93 bits per heavy atom. The Balaban J connectivity index is 0.000000817. The molecule has 1 aromatic heterocycles. The Bertz CT molecular complexity index is 938. The van der Waals surface area contributed by atoms with Crippen molar-refractivity contribution in [1.29, 1.82) is 0 Å². The van der Waals surface area contributed by atoms with Crippen LogP contribution in [0.5, 0.6) is 0 Å². The summed E-state index contributed by atoms with van der Waals surface area (Å²) in [6, 6.07) is 12.1. The summed E-state index contributed by atoms with van der Waals surface area (Å²) in [5.74, 6) is -0.619. The molecule has 0 radical (unpaired) electrons. The SMILES string of the molecule is ClCCl.Cn1c(CCc2ccc(F)cc2)c(Br)c(=O)n1-c1ccc(F)cc1. The van der Waals surface area contributed by atoms with Crippen LogP contribution in [0.3, 0.4) is 0 Å². The van der Waals surface area contributed by atoms with Crippen LogP contribution in [0.2, 0.25) is 0 Å². The molecule has 0 saturated carbocycles. The molecule has 2 aromatic carbocycles. The molecule has 8 heteroatoms. The van der Waals surface area contributed by atoms with Gasteiger partial charge in [-0.2, -0.15) is 0 Å². The smallest absolute Gasteiger partial charge is 0.284 e. The number of aromatic nitrogens is 2. The molecule has 0 saturated heterocycles. The third-order valence-corrected chi connectivity index (χ3v) is 4.76. The van der Waals surface area contributed by atoms with E-state index in [2.05, 4.69) is 15.9 Å².